The number of rotatable bonds is 7. The Kier molecular flexibility index (Phi) is 4.67. The quantitative estimate of drug-likeness (QED) is 0.564. The van der Waals surface area contributed by atoms with Gasteiger partial charge in [-0.2, -0.15) is 0 Å². The van der Waals surface area contributed by atoms with Gasteiger partial charge in [0.05, 0.1) is 11.2 Å². The standard InChI is InChI=1S/C10H18O4S2/c1-15-16(13,14)8-3-2-5-10(9(11)12)6-4-7-10/h2-8H2,1H3,(H,11,12). The van der Waals surface area contributed by atoms with Crippen LogP contribution in [0.25, 0.3) is 0 Å². The SMILES string of the molecule is CSS(=O)(=O)CCCCC1(C(=O)O)CCC1. The molecule has 1 rings (SSSR count). The van der Waals surface area contributed by atoms with Gasteiger partial charge >= 0.3 is 5.97 Å². The molecule has 0 heterocycles. The first-order chi connectivity index (χ1) is 7.42. The van der Waals surface area contributed by atoms with Crippen molar-refractivity contribution in [2.24, 2.45) is 5.41 Å². The van der Waals surface area contributed by atoms with E-state index >= 15 is 0 Å². The molecule has 0 spiro atoms. The van der Waals surface area contributed by atoms with Crippen LogP contribution >= 0.6 is 10.8 Å². The van der Waals surface area contributed by atoms with Crippen LogP contribution in [-0.4, -0.2) is 31.5 Å². The molecule has 0 aromatic rings. The zero-order chi connectivity index (χ0) is 12.2. The molecule has 0 bridgehead atoms. The van der Waals surface area contributed by atoms with Crippen LogP contribution in [0.4, 0.5) is 0 Å². The van der Waals surface area contributed by atoms with Gasteiger partial charge in [0.2, 0.25) is 8.87 Å². The summed E-state index contributed by atoms with van der Waals surface area (Å²) in [6, 6.07) is 0. The zero-order valence-electron chi connectivity index (χ0n) is 9.44. The van der Waals surface area contributed by atoms with Crippen molar-refractivity contribution >= 4 is 25.6 Å². The van der Waals surface area contributed by atoms with Crippen molar-refractivity contribution in [3.8, 4) is 0 Å². The molecule has 0 atom stereocenters. The summed E-state index contributed by atoms with van der Waals surface area (Å²) in [7, 11) is -2.11. The fourth-order valence-electron chi connectivity index (χ4n) is 2.00. The summed E-state index contributed by atoms with van der Waals surface area (Å²) in [5, 5.41) is 9.07. The van der Waals surface area contributed by atoms with Crippen LogP contribution in [0.15, 0.2) is 0 Å². The van der Waals surface area contributed by atoms with E-state index in [9.17, 15) is 13.2 Å². The zero-order valence-corrected chi connectivity index (χ0v) is 11.1. The number of carbonyl (C=O) groups is 1. The van der Waals surface area contributed by atoms with Crippen molar-refractivity contribution in [1.82, 2.24) is 0 Å². The van der Waals surface area contributed by atoms with Crippen LogP contribution in [0.3, 0.4) is 0 Å². The number of hydrogen-bond acceptors (Lipinski definition) is 4. The third kappa shape index (κ3) is 3.38. The van der Waals surface area contributed by atoms with Crippen molar-refractivity contribution in [3.63, 3.8) is 0 Å². The van der Waals surface area contributed by atoms with Crippen molar-refractivity contribution in [3.05, 3.63) is 0 Å². The lowest BCUT2D eigenvalue weighted by Crippen LogP contribution is -2.37. The third-order valence-electron chi connectivity index (χ3n) is 3.32. The number of carboxylic acids is 1. The summed E-state index contributed by atoms with van der Waals surface area (Å²) >= 11 is 0. The Balaban J connectivity index is 2.28. The van der Waals surface area contributed by atoms with Gasteiger partial charge in [-0.05, 0) is 42.7 Å². The van der Waals surface area contributed by atoms with Crippen LogP contribution in [0, 0.1) is 5.41 Å². The summed E-state index contributed by atoms with van der Waals surface area (Å²) < 4.78 is 22.4. The van der Waals surface area contributed by atoms with E-state index in [1.807, 2.05) is 0 Å². The summed E-state index contributed by atoms with van der Waals surface area (Å²) in [4.78, 5) is 11.0. The Hall–Kier alpha value is -0.230. The molecule has 1 aliphatic carbocycles. The summed E-state index contributed by atoms with van der Waals surface area (Å²) in [5.41, 5.74) is -0.539. The Morgan fingerprint density at radius 1 is 1.38 bits per heavy atom. The smallest absolute Gasteiger partial charge is 0.309 e. The molecule has 0 unspecified atom stereocenters. The molecule has 1 fully saturated rings. The van der Waals surface area contributed by atoms with Gasteiger partial charge < -0.3 is 5.11 Å². The van der Waals surface area contributed by atoms with Gasteiger partial charge in [0, 0.05) is 0 Å². The first-order valence-electron chi connectivity index (χ1n) is 5.44. The Morgan fingerprint density at radius 2 is 2.00 bits per heavy atom. The minimum absolute atomic E-state index is 0.157. The molecule has 94 valence electrons. The Bertz CT molecular complexity index is 344. The predicted octanol–water partition coefficient (Wildman–Crippen LogP) is 2.10. The molecule has 0 amide bonds. The second kappa shape index (κ2) is 5.40. The highest BCUT2D eigenvalue weighted by Crippen LogP contribution is 2.45. The van der Waals surface area contributed by atoms with E-state index in [-0.39, 0.29) is 5.75 Å². The molecule has 0 aromatic heterocycles. The van der Waals surface area contributed by atoms with Gasteiger partial charge in [-0.3, -0.25) is 4.79 Å². The van der Waals surface area contributed by atoms with Crippen LogP contribution in [0.5, 0.6) is 0 Å². The lowest BCUT2D eigenvalue weighted by molar-refractivity contribution is -0.155. The van der Waals surface area contributed by atoms with Crippen molar-refractivity contribution in [2.75, 3.05) is 12.0 Å². The highest BCUT2D eigenvalue weighted by atomic mass is 33.1. The number of unbranched alkanes of at least 4 members (excludes halogenated alkanes) is 1. The fraction of sp³-hybridized carbons (Fsp3) is 0.900. The molecule has 0 radical (unpaired) electrons. The minimum Gasteiger partial charge on any atom is -0.481 e. The van der Waals surface area contributed by atoms with E-state index in [1.165, 1.54) is 0 Å². The largest absolute Gasteiger partial charge is 0.481 e. The van der Waals surface area contributed by atoms with Gasteiger partial charge in [-0.25, -0.2) is 8.42 Å². The van der Waals surface area contributed by atoms with Crippen molar-refractivity contribution < 1.29 is 18.3 Å². The second-order valence-corrected chi connectivity index (χ2v) is 8.71. The molecule has 0 aliphatic heterocycles. The average Bonchev–Trinajstić information content (AvgIpc) is 2.14. The van der Waals surface area contributed by atoms with Gasteiger partial charge in [0.25, 0.3) is 0 Å². The van der Waals surface area contributed by atoms with E-state index in [0.717, 1.165) is 30.1 Å². The summed E-state index contributed by atoms with van der Waals surface area (Å²) in [6.45, 7) is 0. The van der Waals surface area contributed by atoms with Crippen LogP contribution < -0.4 is 0 Å². The molecular weight excluding hydrogens is 248 g/mol. The first-order valence-corrected chi connectivity index (χ1v) is 8.83. The second-order valence-electron chi connectivity index (χ2n) is 4.32. The van der Waals surface area contributed by atoms with E-state index in [4.69, 9.17) is 5.11 Å². The molecule has 1 N–H and O–H groups in total. The molecule has 0 saturated heterocycles. The molecule has 4 nitrogen and oxygen atoms in total. The number of hydrogen-bond donors (Lipinski definition) is 1. The molecule has 16 heavy (non-hydrogen) atoms. The average molecular weight is 266 g/mol. The van der Waals surface area contributed by atoms with E-state index in [1.54, 1.807) is 6.26 Å². The van der Waals surface area contributed by atoms with Crippen LogP contribution in [-0.2, 0) is 13.7 Å². The maximum atomic E-state index is 11.2. The fourth-order valence-corrected chi connectivity index (χ4v) is 3.58. The van der Waals surface area contributed by atoms with Crippen molar-refractivity contribution in [1.29, 1.82) is 0 Å². The van der Waals surface area contributed by atoms with E-state index in [0.29, 0.717) is 19.3 Å². The Morgan fingerprint density at radius 3 is 2.38 bits per heavy atom. The molecular formula is C10H18O4S2. The maximum Gasteiger partial charge on any atom is 0.309 e. The van der Waals surface area contributed by atoms with E-state index in [2.05, 4.69) is 0 Å². The molecule has 1 aliphatic rings. The molecule has 6 heteroatoms. The number of aliphatic carboxylic acids is 1. The third-order valence-corrected chi connectivity index (χ3v) is 6.64. The summed E-state index contributed by atoms with van der Waals surface area (Å²) in [5.74, 6) is -0.560. The first kappa shape index (κ1) is 13.8. The van der Waals surface area contributed by atoms with Gasteiger partial charge in [-0.1, -0.05) is 12.8 Å². The maximum absolute atomic E-state index is 11.2. The monoisotopic (exact) mass is 266 g/mol. The van der Waals surface area contributed by atoms with E-state index < -0.39 is 20.3 Å². The van der Waals surface area contributed by atoms with Crippen molar-refractivity contribution in [2.45, 2.75) is 38.5 Å². The predicted molar refractivity (Wildman–Crippen MR) is 65.1 cm³/mol. The lowest BCUT2D eigenvalue weighted by Gasteiger charge is -2.37. The minimum atomic E-state index is -2.98. The van der Waals surface area contributed by atoms with Gasteiger partial charge in [-0.15, -0.1) is 0 Å². The number of carboxylic acid groups (broad SMARTS) is 1. The highest BCUT2D eigenvalue weighted by Gasteiger charge is 2.43. The normalized spacial score (nSPS) is 19.1. The van der Waals surface area contributed by atoms with Gasteiger partial charge in [0.15, 0.2) is 0 Å². The topological polar surface area (TPSA) is 71.4 Å². The molecule has 0 aromatic carbocycles. The van der Waals surface area contributed by atoms with Crippen LogP contribution in [0.2, 0.25) is 0 Å². The Labute approximate surface area is 100 Å². The van der Waals surface area contributed by atoms with Crippen LogP contribution in [0.1, 0.15) is 38.5 Å². The molecule has 1 saturated carbocycles. The highest BCUT2D eigenvalue weighted by molar-refractivity contribution is 8.71. The summed E-state index contributed by atoms with van der Waals surface area (Å²) in [6.07, 6.45) is 5.90. The lowest BCUT2D eigenvalue weighted by atomic mass is 9.66. The van der Waals surface area contributed by atoms with Gasteiger partial charge in [0.1, 0.15) is 0 Å².